The third-order valence-corrected chi connectivity index (χ3v) is 4.24. The molecule has 1 unspecified atom stereocenters. The first-order valence-electron chi connectivity index (χ1n) is 7.82. The second kappa shape index (κ2) is 12.2. The van der Waals surface area contributed by atoms with Gasteiger partial charge in [-0.15, -0.1) is 0 Å². The van der Waals surface area contributed by atoms with Crippen LogP contribution in [0.1, 0.15) is 32.1 Å². The lowest BCUT2D eigenvalue weighted by atomic mass is 9.91. The SMILES string of the molecule is Brc1ccccc1.COCCCCC(O)[C@@H]1CCCNC1. The molecule has 1 aromatic rings. The molecule has 0 aliphatic carbocycles. The van der Waals surface area contributed by atoms with Crippen LogP contribution in [0, 0.1) is 5.92 Å². The fourth-order valence-corrected chi connectivity index (χ4v) is 2.76. The van der Waals surface area contributed by atoms with Gasteiger partial charge in [-0.05, 0) is 56.7 Å². The summed E-state index contributed by atoms with van der Waals surface area (Å²) in [5.41, 5.74) is 0. The molecule has 1 aliphatic heterocycles. The minimum absolute atomic E-state index is 0.111. The Kier molecular flexibility index (Phi) is 10.8. The Balaban J connectivity index is 0.000000262. The highest BCUT2D eigenvalue weighted by Crippen LogP contribution is 2.18. The number of hydrogen-bond acceptors (Lipinski definition) is 3. The van der Waals surface area contributed by atoms with Crippen LogP contribution in [-0.4, -0.2) is 38.0 Å². The number of methoxy groups -OCH3 is 1. The van der Waals surface area contributed by atoms with Crippen LogP contribution in [0.15, 0.2) is 34.8 Å². The van der Waals surface area contributed by atoms with Crippen LogP contribution in [0.25, 0.3) is 0 Å². The minimum Gasteiger partial charge on any atom is -0.393 e. The summed E-state index contributed by atoms with van der Waals surface area (Å²) in [5.74, 6) is 0.478. The molecule has 2 N–H and O–H groups in total. The smallest absolute Gasteiger partial charge is 0.0580 e. The fourth-order valence-electron chi connectivity index (χ4n) is 2.46. The molecule has 1 fully saturated rings. The van der Waals surface area contributed by atoms with E-state index in [0.29, 0.717) is 5.92 Å². The standard InChI is InChI=1S/C11H23NO2.C6H5Br/c1-14-8-3-2-6-11(13)10-5-4-7-12-9-10;7-6-4-2-1-3-5-6/h10-13H,2-9H2,1H3;1-5H/t10-,11?;/m1./s1. The number of aliphatic hydroxyl groups excluding tert-OH is 1. The first-order valence-corrected chi connectivity index (χ1v) is 8.61. The Morgan fingerprint density at radius 1 is 1.33 bits per heavy atom. The van der Waals surface area contributed by atoms with E-state index in [1.54, 1.807) is 7.11 Å². The maximum Gasteiger partial charge on any atom is 0.0580 e. The Morgan fingerprint density at radius 3 is 2.62 bits per heavy atom. The van der Waals surface area contributed by atoms with E-state index in [-0.39, 0.29) is 6.10 Å². The zero-order valence-corrected chi connectivity index (χ0v) is 14.5. The minimum atomic E-state index is -0.111. The fraction of sp³-hybridized carbons (Fsp3) is 0.647. The first-order chi connectivity index (χ1) is 10.2. The monoisotopic (exact) mass is 357 g/mol. The van der Waals surface area contributed by atoms with E-state index in [2.05, 4.69) is 21.2 Å². The lowest BCUT2D eigenvalue weighted by Crippen LogP contribution is -2.36. The Hall–Kier alpha value is -0.420. The highest BCUT2D eigenvalue weighted by atomic mass is 79.9. The van der Waals surface area contributed by atoms with Gasteiger partial charge in [-0.3, -0.25) is 0 Å². The third kappa shape index (κ3) is 9.25. The quantitative estimate of drug-likeness (QED) is 0.764. The van der Waals surface area contributed by atoms with Gasteiger partial charge in [-0.1, -0.05) is 34.1 Å². The van der Waals surface area contributed by atoms with Crippen LogP contribution in [0.4, 0.5) is 0 Å². The first kappa shape index (κ1) is 18.6. The molecule has 0 aromatic heterocycles. The van der Waals surface area contributed by atoms with Crippen molar-refractivity contribution in [1.82, 2.24) is 5.32 Å². The molecule has 0 spiro atoms. The molecule has 21 heavy (non-hydrogen) atoms. The molecule has 1 saturated heterocycles. The van der Waals surface area contributed by atoms with Gasteiger partial charge >= 0.3 is 0 Å². The molecule has 120 valence electrons. The molecule has 0 amide bonds. The second-order valence-electron chi connectivity index (χ2n) is 5.46. The Bertz CT molecular complexity index is 342. The van der Waals surface area contributed by atoms with E-state index in [0.717, 1.165) is 43.4 Å². The van der Waals surface area contributed by atoms with E-state index in [1.807, 2.05) is 30.3 Å². The highest BCUT2D eigenvalue weighted by molar-refractivity contribution is 9.10. The molecule has 1 aliphatic rings. The van der Waals surface area contributed by atoms with E-state index < -0.39 is 0 Å². The third-order valence-electron chi connectivity index (χ3n) is 3.71. The molecule has 3 nitrogen and oxygen atoms in total. The molecule has 1 aromatic carbocycles. The van der Waals surface area contributed by atoms with Gasteiger partial charge in [-0.2, -0.15) is 0 Å². The summed E-state index contributed by atoms with van der Waals surface area (Å²) < 4.78 is 6.11. The summed E-state index contributed by atoms with van der Waals surface area (Å²) in [7, 11) is 1.72. The number of benzene rings is 1. The number of rotatable bonds is 6. The van der Waals surface area contributed by atoms with Gasteiger partial charge in [-0.25, -0.2) is 0 Å². The van der Waals surface area contributed by atoms with Crippen molar-refractivity contribution >= 4 is 15.9 Å². The molecule has 2 atom stereocenters. The van der Waals surface area contributed by atoms with E-state index >= 15 is 0 Å². The van der Waals surface area contributed by atoms with Gasteiger partial charge in [0.1, 0.15) is 0 Å². The normalized spacial score (nSPS) is 19.5. The zero-order chi connectivity index (χ0) is 15.3. The van der Waals surface area contributed by atoms with Crippen LogP contribution in [-0.2, 0) is 4.74 Å². The number of ether oxygens (including phenoxy) is 1. The largest absolute Gasteiger partial charge is 0.393 e. The number of halogens is 1. The molecule has 2 rings (SSSR count). The predicted molar refractivity (Wildman–Crippen MR) is 91.5 cm³/mol. The molecular formula is C17H28BrNO2. The van der Waals surface area contributed by atoms with Crippen molar-refractivity contribution in [3.63, 3.8) is 0 Å². The highest BCUT2D eigenvalue weighted by Gasteiger charge is 2.20. The van der Waals surface area contributed by atoms with Crippen molar-refractivity contribution in [2.75, 3.05) is 26.8 Å². The lowest BCUT2D eigenvalue weighted by molar-refractivity contribution is 0.0790. The Morgan fingerprint density at radius 2 is 2.10 bits per heavy atom. The molecule has 4 heteroatoms. The van der Waals surface area contributed by atoms with E-state index in [4.69, 9.17) is 4.74 Å². The molecule has 0 radical (unpaired) electrons. The van der Waals surface area contributed by atoms with Gasteiger partial charge in [0.15, 0.2) is 0 Å². The molecule has 0 saturated carbocycles. The summed E-state index contributed by atoms with van der Waals surface area (Å²) in [6.07, 6.45) is 5.34. The van der Waals surface area contributed by atoms with Crippen LogP contribution < -0.4 is 5.32 Å². The van der Waals surface area contributed by atoms with Crippen LogP contribution in [0.3, 0.4) is 0 Å². The van der Waals surface area contributed by atoms with Crippen molar-refractivity contribution in [2.24, 2.45) is 5.92 Å². The summed E-state index contributed by atoms with van der Waals surface area (Å²) >= 11 is 3.31. The number of nitrogens with one attached hydrogen (secondary N) is 1. The number of unbranched alkanes of at least 4 members (excludes halogenated alkanes) is 1. The van der Waals surface area contributed by atoms with Gasteiger partial charge in [0.2, 0.25) is 0 Å². The van der Waals surface area contributed by atoms with Gasteiger partial charge in [0, 0.05) is 24.7 Å². The average Bonchev–Trinajstić information content (AvgIpc) is 2.53. The van der Waals surface area contributed by atoms with Crippen molar-refractivity contribution in [1.29, 1.82) is 0 Å². The average molecular weight is 358 g/mol. The summed E-state index contributed by atoms with van der Waals surface area (Å²) in [4.78, 5) is 0. The van der Waals surface area contributed by atoms with Crippen molar-refractivity contribution in [3.05, 3.63) is 34.8 Å². The molecule has 1 heterocycles. The maximum absolute atomic E-state index is 9.89. The molecule has 0 bridgehead atoms. The topological polar surface area (TPSA) is 41.5 Å². The second-order valence-corrected chi connectivity index (χ2v) is 6.37. The maximum atomic E-state index is 9.89. The van der Waals surface area contributed by atoms with Crippen molar-refractivity contribution in [2.45, 2.75) is 38.2 Å². The molecular weight excluding hydrogens is 330 g/mol. The van der Waals surface area contributed by atoms with Gasteiger partial charge < -0.3 is 15.2 Å². The van der Waals surface area contributed by atoms with Gasteiger partial charge in [0.25, 0.3) is 0 Å². The lowest BCUT2D eigenvalue weighted by Gasteiger charge is -2.27. The Labute approximate surface area is 137 Å². The van der Waals surface area contributed by atoms with Gasteiger partial charge in [0.05, 0.1) is 6.10 Å². The van der Waals surface area contributed by atoms with Crippen LogP contribution in [0.2, 0.25) is 0 Å². The van der Waals surface area contributed by atoms with E-state index in [9.17, 15) is 5.11 Å². The predicted octanol–water partition coefficient (Wildman–Crippen LogP) is 3.61. The van der Waals surface area contributed by atoms with Crippen molar-refractivity contribution in [3.8, 4) is 0 Å². The van der Waals surface area contributed by atoms with Crippen molar-refractivity contribution < 1.29 is 9.84 Å². The number of piperidine rings is 1. The van der Waals surface area contributed by atoms with Crippen LogP contribution >= 0.6 is 15.9 Å². The van der Waals surface area contributed by atoms with Crippen LogP contribution in [0.5, 0.6) is 0 Å². The zero-order valence-electron chi connectivity index (χ0n) is 12.9. The number of hydrogen-bond donors (Lipinski definition) is 2. The summed E-state index contributed by atoms with van der Waals surface area (Å²) in [6.45, 7) is 2.92. The summed E-state index contributed by atoms with van der Waals surface area (Å²) in [5, 5.41) is 13.2. The number of aliphatic hydroxyl groups is 1. The summed E-state index contributed by atoms with van der Waals surface area (Å²) in [6, 6.07) is 9.97. The van der Waals surface area contributed by atoms with E-state index in [1.165, 1.54) is 12.8 Å².